The first-order valence-corrected chi connectivity index (χ1v) is 8.14. The van der Waals surface area contributed by atoms with Crippen LogP contribution in [0.3, 0.4) is 0 Å². The lowest BCUT2D eigenvalue weighted by Gasteiger charge is -2.27. The van der Waals surface area contributed by atoms with E-state index in [-0.39, 0.29) is 41.8 Å². The number of aliphatic imine (C=N–C) groups is 1. The number of amides is 1. The molecule has 0 atom stereocenters. The molecule has 0 aliphatic heterocycles. The fourth-order valence-electron chi connectivity index (χ4n) is 1.99. The van der Waals surface area contributed by atoms with E-state index in [2.05, 4.69) is 48.2 Å². The smallest absolute Gasteiger partial charge is 0.243 e. The highest BCUT2D eigenvalue weighted by atomic mass is 127. The highest BCUT2D eigenvalue weighted by Gasteiger charge is 2.20. The van der Waals surface area contributed by atoms with Crippen molar-refractivity contribution in [3.05, 3.63) is 48.0 Å². The molecule has 0 heterocycles. The quantitative estimate of drug-likeness (QED) is 0.286. The van der Waals surface area contributed by atoms with E-state index in [1.807, 2.05) is 25.1 Å². The minimum atomic E-state index is -0.0571. The van der Waals surface area contributed by atoms with Crippen LogP contribution in [0.4, 0.5) is 0 Å². The summed E-state index contributed by atoms with van der Waals surface area (Å²) in [6.07, 6.45) is 0. The van der Waals surface area contributed by atoms with E-state index in [1.165, 1.54) is 10.5 Å². The van der Waals surface area contributed by atoms with Crippen LogP contribution in [-0.2, 0) is 10.2 Å². The van der Waals surface area contributed by atoms with Crippen molar-refractivity contribution in [1.82, 2.24) is 15.5 Å². The van der Waals surface area contributed by atoms with Crippen LogP contribution in [-0.4, -0.2) is 50.5 Å². The molecule has 25 heavy (non-hydrogen) atoms. The molecule has 1 rings (SSSR count). The SMILES string of the molecule is C=C(C)CNC(=NCC(=O)N(C)C)NCC(C)(C)c1ccccc1.I. The van der Waals surface area contributed by atoms with E-state index >= 15 is 0 Å². The molecular formula is C19H31IN4O. The predicted octanol–water partition coefficient (Wildman–Crippen LogP) is 2.78. The van der Waals surface area contributed by atoms with Gasteiger partial charge in [-0.1, -0.05) is 56.3 Å². The molecule has 140 valence electrons. The molecule has 0 saturated carbocycles. The fraction of sp³-hybridized carbons (Fsp3) is 0.474. The summed E-state index contributed by atoms with van der Waals surface area (Å²) in [6, 6.07) is 10.3. The number of guanidine groups is 1. The molecule has 0 bridgehead atoms. The topological polar surface area (TPSA) is 56.7 Å². The average molecular weight is 458 g/mol. The van der Waals surface area contributed by atoms with Gasteiger partial charge in [0.25, 0.3) is 0 Å². The number of halogens is 1. The largest absolute Gasteiger partial charge is 0.356 e. The third-order valence-corrected chi connectivity index (χ3v) is 3.68. The second kappa shape index (κ2) is 11.1. The Labute approximate surface area is 169 Å². The summed E-state index contributed by atoms with van der Waals surface area (Å²) >= 11 is 0. The molecule has 1 aromatic carbocycles. The maximum absolute atomic E-state index is 11.8. The van der Waals surface area contributed by atoms with E-state index in [9.17, 15) is 4.79 Å². The second-order valence-electron chi connectivity index (χ2n) is 6.87. The molecule has 0 aliphatic rings. The molecule has 0 spiro atoms. The third-order valence-electron chi connectivity index (χ3n) is 3.68. The van der Waals surface area contributed by atoms with Gasteiger partial charge in [-0.2, -0.15) is 0 Å². The first-order valence-electron chi connectivity index (χ1n) is 8.14. The monoisotopic (exact) mass is 458 g/mol. The normalized spacial score (nSPS) is 11.3. The Bertz CT molecular complexity index is 582. The van der Waals surface area contributed by atoms with Crippen LogP contribution >= 0.6 is 24.0 Å². The molecule has 0 unspecified atom stereocenters. The van der Waals surface area contributed by atoms with Crippen LogP contribution in [0.2, 0.25) is 0 Å². The highest BCUT2D eigenvalue weighted by molar-refractivity contribution is 14.0. The van der Waals surface area contributed by atoms with Crippen molar-refractivity contribution in [2.24, 2.45) is 4.99 Å². The Morgan fingerprint density at radius 1 is 1.20 bits per heavy atom. The lowest BCUT2D eigenvalue weighted by atomic mass is 9.85. The minimum absolute atomic E-state index is 0. The van der Waals surface area contributed by atoms with E-state index in [0.717, 1.165) is 5.57 Å². The molecule has 0 fully saturated rings. The summed E-state index contributed by atoms with van der Waals surface area (Å²) in [4.78, 5) is 17.7. The molecule has 0 aromatic heterocycles. The number of nitrogens with zero attached hydrogens (tertiary/aromatic N) is 2. The zero-order chi connectivity index (χ0) is 18.2. The molecular weight excluding hydrogens is 427 g/mol. The van der Waals surface area contributed by atoms with Crippen LogP contribution in [0.5, 0.6) is 0 Å². The molecule has 1 aromatic rings. The van der Waals surface area contributed by atoms with Crippen molar-refractivity contribution < 1.29 is 4.79 Å². The van der Waals surface area contributed by atoms with Gasteiger partial charge in [0.2, 0.25) is 5.91 Å². The zero-order valence-electron chi connectivity index (χ0n) is 15.9. The van der Waals surface area contributed by atoms with Gasteiger partial charge in [0.05, 0.1) is 0 Å². The molecule has 6 heteroatoms. The predicted molar refractivity (Wildman–Crippen MR) is 117 cm³/mol. The van der Waals surface area contributed by atoms with E-state index < -0.39 is 0 Å². The molecule has 2 N–H and O–H groups in total. The zero-order valence-corrected chi connectivity index (χ0v) is 18.3. The summed E-state index contributed by atoms with van der Waals surface area (Å²) in [5.74, 6) is 0.589. The summed E-state index contributed by atoms with van der Waals surface area (Å²) in [5, 5.41) is 6.54. The van der Waals surface area contributed by atoms with E-state index in [0.29, 0.717) is 19.0 Å². The van der Waals surface area contributed by atoms with Gasteiger partial charge in [-0.3, -0.25) is 4.79 Å². The first kappa shape index (κ1) is 23.4. The van der Waals surface area contributed by atoms with Gasteiger partial charge in [0.15, 0.2) is 5.96 Å². The maximum atomic E-state index is 11.8. The Kier molecular flexibility index (Phi) is 10.4. The van der Waals surface area contributed by atoms with Crippen molar-refractivity contribution in [3.63, 3.8) is 0 Å². The van der Waals surface area contributed by atoms with Gasteiger partial charge in [-0.05, 0) is 12.5 Å². The van der Waals surface area contributed by atoms with Crippen molar-refractivity contribution in [3.8, 4) is 0 Å². The molecule has 5 nitrogen and oxygen atoms in total. The van der Waals surface area contributed by atoms with Crippen LogP contribution in [0.15, 0.2) is 47.5 Å². The number of likely N-dealkylation sites (N-methyl/N-ethyl adjacent to an activating group) is 1. The number of rotatable bonds is 7. The van der Waals surface area contributed by atoms with Gasteiger partial charge < -0.3 is 15.5 Å². The standard InChI is InChI=1S/C19H30N4O.HI/c1-15(2)12-20-18(21-13-17(24)23(5)6)22-14-19(3,4)16-10-8-7-9-11-16;/h7-11H,1,12-14H2,2-6H3,(H2,20,21,22);1H. The summed E-state index contributed by atoms with van der Waals surface area (Å²) in [6.45, 7) is 11.6. The Morgan fingerprint density at radius 2 is 1.80 bits per heavy atom. The number of carbonyl (C=O) groups excluding carboxylic acids is 1. The van der Waals surface area contributed by atoms with E-state index in [1.54, 1.807) is 14.1 Å². The number of nitrogens with one attached hydrogen (secondary N) is 2. The van der Waals surface area contributed by atoms with Crippen molar-refractivity contribution in [1.29, 1.82) is 0 Å². The van der Waals surface area contributed by atoms with Crippen molar-refractivity contribution in [2.45, 2.75) is 26.2 Å². The summed E-state index contributed by atoms with van der Waals surface area (Å²) in [7, 11) is 3.45. The van der Waals surface area contributed by atoms with Crippen LogP contribution < -0.4 is 10.6 Å². The Balaban J connectivity index is 0.00000576. The Morgan fingerprint density at radius 3 is 2.32 bits per heavy atom. The van der Waals surface area contributed by atoms with Gasteiger partial charge >= 0.3 is 0 Å². The van der Waals surface area contributed by atoms with Crippen molar-refractivity contribution in [2.75, 3.05) is 33.7 Å². The van der Waals surface area contributed by atoms with Crippen molar-refractivity contribution >= 4 is 35.8 Å². The molecule has 1 amide bonds. The van der Waals surface area contributed by atoms with Crippen LogP contribution in [0.25, 0.3) is 0 Å². The van der Waals surface area contributed by atoms with Gasteiger partial charge in [0, 0.05) is 32.6 Å². The second-order valence-corrected chi connectivity index (χ2v) is 6.87. The van der Waals surface area contributed by atoms with Gasteiger partial charge in [-0.25, -0.2) is 4.99 Å². The number of carbonyl (C=O) groups is 1. The molecule has 0 saturated heterocycles. The lowest BCUT2D eigenvalue weighted by molar-refractivity contribution is -0.127. The lowest BCUT2D eigenvalue weighted by Crippen LogP contribution is -2.44. The third kappa shape index (κ3) is 8.90. The van der Waals surface area contributed by atoms with Crippen LogP contribution in [0, 0.1) is 0 Å². The summed E-state index contributed by atoms with van der Waals surface area (Å²) < 4.78 is 0. The number of benzene rings is 1. The van der Waals surface area contributed by atoms with Gasteiger partial charge in [-0.15, -0.1) is 24.0 Å². The minimum Gasteiger partial charge on any atom is -0.356 e. The molecule has 0 aliphatic carbocycles. The van der Waals surface area contributed by atoms with E-state index in [4.69, 9.17) is 0 Å². The van der Waals surface area contributed by atoms with Gasteiger partial charge in [0.1, 0.15) is 6.54 Å². The number of hydrogen-bond donors (Lipinski definition) is 2. The number of hydrogen-bond acceptors (Lipinski definition) is 2. The maximum Gasteiger partial charge on any atom is 0.243 e. The Hall–Kier alpha value is -1.57. The fourth-order valence-corrected chi connectivity index (χ4v) is 1.99. The molecule has 0 radical (unpaired) electrons. The first-order chi connectivity index (χ1) is 11.2. The van der Waals surface area contributed by atoms with Crippen LogP contribution in [0.1, 0.15) is 26.3 Å². The average Bonchev–Trinajstić information content (AvgIpc) is 2.54. The highest BCUT2D eigenvalue weighted by Crippen LogP contribution is 2.21. The summed E-state index contributed by atoms with van der Waals surface area (Å²) in [5.41, 5.74) is 2.20.